The number of benzene rings is 2. The van der Waals surface area contributed by atoms with Crippen molar-refractivity contribution in [1.82, 2.24) is 9.80 Å². The van der Waals surface area contributed by atoms with E-state index in [1.54, 1.807) is 0 Å². The van der Waals surface area contributed by atoms with Gasteiger partial charge in [0.05, 0.1) is 22.7 Å². The number of carbonyl (C=O) groups is 2. The van der Waals surface area contributed by atoms with E-state index in [1.807, 2.05) is 71.3 Å². The minimum Gasteiger partial charge on any atom is -0.367 e. The van der Waals surface area contributed by atoms with Gasteiger partial charge in [0.2, 0.25) is 11.8 Å². The Morgan fingerprint density at radius 1 is 1.00 bits per heavy atom. The number of amides is 2. The van der Waals surface area contributed by atoms with Crippen LogP contribution in [0.4, 0.5) is 5.69 Å². The smallest absolute Gasteiger partial charge is 0.228 e. The number of piperazine rings is 1. The molecule has 2 heterocycles. The molecule has 2 aliphatic rings. The second kappa shape index (κ2) is 8.46. The molecule has 2 aromatic carbocycles. The molecular formula is C23H26ClN3O2. The monoisotopic (exact) mass is 411 g/mol. The topological polar surface area (TPSA) is 43.9 Å². The molecule has 0 bridgehead atoms. The van der Waals surface area contributed by atoms with Crippen molar-refractivity contribution < 1.29 is 9.59 Å². The molecular weight excluding hydrogens is 386 g/mol. The zero-order valence-electron chi connectivity index (χ0n) is 16.6. The molecule has 0 aliphatic carbocycles. The molecule has 2 saturated heterocycles. The maximum absolute atomic E-state index is 13.1. The van der Waals surface area contributed by atoms with Crippen molar-refractivity contribution in [2.75, 3.05) is 37.6 Å². The molecule has 0 spiro atoms. The van der Waals surface area contributed by atoms with Gasteiger partial charge in [-0.25, -0.2) is 0 Å². The van der Waals surface area contributed by atoms with Gasteiger partial charge >= 0.3 is 0 Å². The van der Waals surface area contributed by atoms with Crippen LogP contribution >= 0.6 is 11.6 Å². The fraction of sp³-hybridized carbons (Fsp3) is 0.391. The third-order valence-electron chi connectivity index (χ3n) is 6.04. The number of para-hydroxylation sites is 1. The van der Waals surface area contributed by atoms with E-state index in [0.29, 0.717) is 26.1 Å². The molecule has 29 heavy (non-hydrogen) atoms. The lowest BCUT2D eigenvalue weighted by atomic mass is 10.1. The zero-order chi connectivity index (χ0) is 20.4. The average Bonchev–Trinajstić information content (AvgIpc) is 3.15. The SMILES string of the molecule is C[C@@H](c1ccccc1)N1C[C@H](C(=O)N2CCN(c3ccccc3Cl)CC2)CC1=O. The van der Waals surface area contributed by atoms with E-state index in [9.17, 15) is 9.59 Å². The highest BCUT2D eigenvalue weighted by atomic mass is 35.5. The quantitative estimate of drug-likeness (QED) is 0.772. The number of carbonyl (C=O) groups excluding carboxylic acids is 2. The normalized spacial score (nSPS) is 20.8. The molecule has 2 atom stereocenters. The summed E-state index contributed by atoms with van der Waals surface area (Å²) in [5.74, 6) is -0.0881. The summed E-state index contributed by atoms with van der Waals surface area (Å²) in [4.78, 5) is 31.6. The van der Waals surface area contributed by atoms with E-state index in [0.717, 1.165) is 29.4 Å². The van der Waals surface area contributed by atoms with Crippen LogP contribution < -0.4 is 4.90 Å². The van der Waals surface area contributed by atoms with Gasteiger partial charge < -0.3 is 14.7 Å². The number of anilines is 1. The van der Waals surface area contributed by atoms with Crippen LogP contribution in [-0.2, 0) is 9.59 Å². The van der Waals surface area contributed by atoms with Gasteiger partial charge in [-0.2, -0.15) is 0 Å². The lowest BCUT2D eigenvalue weighted by Gasteiger charge is -2.37. The van der Waals surface area contributed by atoms with E-state index in [-0.39, 0.29) is 23.8 Å². The standard InChI is InChI=1S/C23H26ClN3O2/c1-17(18-7-3-2-4-8-18)27-16-19(15-22(27)28)23(29)26-13-11-25(12-14-26)21-10-6-5-9-20(21)24/h2-10,17,19H,11-16H2,1H3/t17-,19+/m0/s1. The molecule has 2 aromatic rings. The highest BCUT2D eigenvalue weighted by Gasteiger charge is 2.39. The Balaban J connectivity index is 1.36. The molecule has 0 unspecified atom stereocenters. The molecule has 2 fully saturated rings. The van der Waals surface area contributed by atoms with Crippen LogP contribution in [0.5, 0.6) is 0 Å². The number of hydrogen-bond acceptors (Lipinski definition) is 3. The van der Waals surface area contributed by atoms with Gasteiger partial charge in [0.15, 0.2) is 0 Å². The first kappa shape index (κ1) is 19.8. The Morgan fingerprint density at radius 3 is 2.34 bits per heavy atom. The summed E-state index contributed by atoms with van der Waals surface area (Å²) in [5, 5.41) is 0.735. The number of likely N-dealkylation sites (tertiary alicyclic amines) is 1. The third-order valence-corrected chi connectivity index (χ3v) is 6.36. The number of hydrogen-bond donors (Lipinski definition) is 0. The van der Waals surface area contributed by atoms with E-state index < -0.39 is 0 Å². The van der Waals surface area contributed by atoms with Gasteiger partial charge in [-0.15, -0.1) is 0 Å². The van der Waals surface area contributed by atoms with Gasteiger partial charge in [-0.3, -0.25) is 9.59 Å². The van der Waals surface area contributed by atoms with Crippen LogP contribution in [0, 0.1) is 5.92 Å². The van der Waals surface area contributed by atoms with Crippen molar-refractivity contribution in [3.05, 3.63) is 65.2 Å². The van der Waals surface area contributed by atoms with Crippen LogP contribution in [0.25, 0.3) is 0 Å². The van der Waals surface area contributed by atoms with E-state index in [2.05, 4.69) is 4.90 Å². The molecule has 152 valence electrons. The van der Waals surface area contributed by atoms with E-state index in [1.165, 1.54) is 0 Å². The predicted molar refractivity (Wildman–Crippen MR) is 115 cm³/mol. The maximum atomic E-state index is 13.1. The zero-order valence-corrected chi connectivity index (χ0v) is 17.4. The summed E-state index contributed by atoms with van der Waals surface area (Å²) in [6.45, 7) is 5.34. The minimum absolute atomic E-state index is 0.0152. The first-order chi connectivity index (χ1) is 14.0. The fourth-order valence-electron chi connectivity index (χ4n) is 4.32. The average molecular weight is 412 g/mol. The molecule has 5 nitrogen and oxygen atoms in total. The molecule has 6 heteroatoms. The van der Waals surface area contributed by atoms with Crippen molar-refractivity contribution in [3.63, 3.8) is 0 Å². The molecule has 2 aliphatic heterocycles. The lowest BCUT2D eigenvalue weighted by molar-refractivity contribution is -0.136. The van der Waals surface area contributed by atoms with Crippen LogP contribution in [0.3, 0.4) is 0 Å². The molecule has 4 rings (SSSR count). The van der Waals surface area contributed by atoms with E-state index in [4.69, 9.17) is 11.6 Å². The fourth-order valence-corrected chi connectivity index (χ4v) is 4.57. The van der Waals surface area contributed by atoms with Crippen molar-refractivity contribution >= 4 is 29.1 Å². The molecule has 2 amide bonds. The number of halogens is 1. The summed E-state index contributed by atoms with van der Waals surface area (Å²) in [6, 6.07) is 17.8. The van der Waals surface area contributed by atoms with Gasteiger partial charge in [0, 0.05) is 39.1 Å². The third kappa shape index (κ3) is 4.10. The number of rotatable bonds is 4. The Hall–Kier alpha value is -2.53. The van der Waals surface area contributed by atoms with Gasteiger partial charge in [0.25, 0.3) is 0 Å². The maximum Gasteiger partial charge on any atom is 0.228 e. The predicted octanol–water partition coefficient (Wildman–Crippen LogP) is 3.60. The van der Waals surface area contributed by atoms with Crippen molar-refractivity contribution in [2.24, 2.45) is 5.92 Å². The summed E-state index contributed by atoms with van der Waals surface area (Å²) < 4.78 is 0. The first-order valence-electron chi connectivity index (χ1n) is 10.2. The molecule has 0 radical (unpaired) electrons. The first-order valence-corrected chi connectivity index (χ1v) is 10.5. The van der Waals surface area contributed by atoms with Crippen molar-refractivity contribution in [3.8, 4) is 0 Å². The molecule has 0 saturated carbocycles. The summed E-state index contributed by atoms with van der Waals surface area (Å²) in [5.41, 5.74) is 2.11. The Kier molecular flexibility index (Phi) is 5.76. The van der Waals surface area contributed by atoms with Gasteiger partial charge in [0.1, 0.15) is 0 Å². The Bertz CT molecular complexity index is 881. The van der Waals surface area contributed by atoms with Crippen LogP contribution in [-0.4, -0.2) is 54.3 Å². The Morgan fingerprint density at radius 2 is 1.66 bits per heavy atom. The lowest BCUT2D eigenvalue weighted by Crippen LogP contribution is -2.50. The van der Waals surface area contributed by atoms with Crippen LogP contribution in [0.15, 0.2) is 54.6 Å². The van der Waals surface area contributed by atoms with Crippen LogP contribution in [0.1, 0.15) is 24.9 Å². The highest BCUT2D eigenvalue weighted by Crippen LogP contribution is 2.30. The minimum atomic E-state index is -0.250. The molecule has 0 aromatic heterocycles. The summed E-state index contributed by atoms with van der Waals surface area (Å²) in [6.07, 6.45) is 0.306. The van der Waals surface area contributed by atoms with Crippen molar-refractivity contribution in [1.29, 1.82) is 0 Å². The summed E-state index contributed by atoms with van der Waals surface area (Å²) in [7, 11) is 0. The largest absolute Gasteiger partial charge is 0.367 e. The Labute approximate surface area is 176 Å². The second-order valence-corrected chi connectivity index (χ2v) is 8.20. The van der Waals surface area contributed by atoms with Gasteiger partial charge in [-0.1, -0.05) is 54.1 Å². The van der Waals surface area contributed by atoms with Crippen LogP contribution in [0.2, 0.25) is 5.02 Å². The highest BCUT2D eigenvalue weighted by molar-refractivity contribution is 6.33. The van der Waals surface area contributed by atoms with Crippen molar-refractivity contribution in [2.45, 2.75) is 19.4 Å². The number of nitrogens with zero attached hydrogens (tertiary/aromatic N) is 3. The van der Waals surface area contributed by atoms with Gasteiger partial charge in [-0.05, 0) is 24.6 Å². The second-order valence-electron chi connectivity index (χ2n) is 7.80. The molecule has 0 N–H and O–H groups in total. The van der Waals surface area contributed by atoms with E-state index >= 15 is 0 Å². The summed E-state index contributed by atoms with van der Waals surface area (Å²) >= 11 is 6.31.